The first kappa shape index (κ1) is 12.3. The fourth-order valence-corrected chi connectivity index (χ4v) is 2.26. The fourth-order valence-electron chi connectivity index (χ4n) is 2.26. The fraction of sp³-hybridized carbons (Fsp3) is 0.615. The van der Waals surface area contributed by atoms with Crippen LogP contribution in [0, 0.1) is 6.92 Å². The van der Waals surface area contributed by atoms with Crippen LogP contribution in [0.25, 0.3) is 0 Å². The largest absolute Gasteiger partial charge is 0.489 e. The molecule has 1 aromatic rings. The Labute approximate surface area is 102 Å². The summed E-state index contributed by atoms with van der Waals surface area (Å²) < 4.78 is 5.68. The molecule has 0 aromatic carbocycles. The third kappa shape index (κ3) is 2.96. The van der Waals surface area contributed by atoms with E-state index in [1.54, 1.807) is 0 Å². The van der Waals surface area contributed by atoms with Gasteiger partial charge in [-0.25, -0.2) is 0 Å². The Morgan fingerprint density at radius 3 is 2.76 bits per heavy atom. The summed E-state index contributed by atoms with van der Waals surface area (Å²) in [6.45, 7) is 2.62. The van der Waals surface area contributed by atoms with Crippen molar-refractivity contribution in [1.82, 2.24) is 4.98 Å². The van der Waals surface area contributed by atoms with Gasteiger partial charge >= 0.3 is 0 Å². The molecule has 0 amide bonds. The van der Waals surface area contributed by atoms with E-state index in [-0.39, 0.29) is 0 Å². The van der Waals surface area contributed by atoms with Crippen LogP contribution in [0.1, 0.15) is 37.1 Å². The molecular formula is C13H20N2O2. The second kappa shape index (κ2) is 5.02. The van der Waals surface area contributed by atoms with E-state index in [2.05, 4.69) is 4.98 Å². The second-order valence-corrected chi connectivity index (χ2v) is 4.82. The molecule has 1 aliphatic carbocycles. The van der Waals surface area contributed by atoms with Crippen molar-refractivity contribution in [3.63, 3.8) is 0 Å². The predicted molar refractivity (Wildman–Crippen MR) is 65.8 cm³/mol. The van der Waals surface area contributed by atoms with Gasteiger partial charge in [0.05, 0.1) is 11.3 Å². The third-order valence-electron chi connectivity index (χ3n) is 3.30. The highest BCUT2D eigenvalue weighted by Gasteiger charge is 2.32. The van der Waals surface area contributed by atoms with Crippen LogP contribution in [0.5, 0.6) is 5.75 Å². The monoisotopic (exact) mass is 236 g/mol. The zero-order chi connectivity index (χ0) is 12.3. The number of aromatic nitrogens is 1. The molecule has 0 spiro atoms. The Morgan fingerprint density at radius 2 is 2.12 bits per heavy atom. The normalized spacial score (nSPS) is 18.3. The Kier molecular flexibility index (Phi) is 3.64. The van der Waals surface area contributed by atoms with E-state index in [9.17, 15) is 5.11 Å². The van der Waals surface area contributed by atoms with Gasteiger partial charge in [0.1, 0.15) is 12.4 Å². The molecule has 0 radical (unpaired) electrons. The quantitative estimate of drug-likeness (QED) is 0.832. The average Bonchev–Trinajstić information content (AvgIpc) is 2.75. The van der Waals surface area contributed by atoms with Gasteiger partial charge in [-0.3, -0.25) is 4.98 Å². The first-order valence-electron chi connectivity index (χ1n) is 6.15. The summed E-state index contributed by atoms with van der Waals surface area (Å²) in [4.78, 5) is 4.33. The summed E-state index contributed by atoms with van der Waals surface area (Å²) >= 11 is 0. The predicted octanol–water partition coefficient (Wildman–Crippen LogP) is 1.53. The van der Waals surface area contributed by atoms with Crippen LogP contribution in [-0.2, 0) is 6.54 Å². The molecule has 1 aliphatic rings. The van der Waals surface area contributed by atoms with Gasteiger partial charge in [-0.2, -0.15) is 0 Å². The summed E-state index contributed by atoms with van der Waals surface area (Å²) in [5.74, 6) is 0.693. The van der Waals surface area contributed by atoms with Crippen LogP contribution in [-0.4, -0.2) is 22.3 Å². The first-order chi connectivity index (χ1) is 8.13. The summed E-state index contributed by atoms with van der Waals surface area (Å²) in [6, 6.07) is 3.77. The van der Waals surface area contributed by atoms with Crippen molar-refractivity contribution in [2.75, 3.05) is 6.61 Å². The van der Waals surface area contributed by atoms with Crippen molar-refractivity contribution < 1.29 is 9.84 Å². The number of rotatable bonds is 4. The van der Waals surface area contributed by atoms with Crippen LogP contribution in [0.2, 0.25) is 0 Å². The van der Waals surface area contributed by atoms with Crippen LogP contribution < -0.4 is 10.5 Å². The molecule has 4 heteroatoms. The van der Waals surface area contributed by atoms with Gasteiger partial charge in [0.25, 0.3) is 0 Å². The Morgan fingerprint density at radius 1 is 1.41 bits per heavy atom. The molecule has 1 heterocycles. The van der Waals surface area contributed by atoms with Crippen molar-refractivity contribution in [2.45, 2.75) is 44.8 Å². The van der Waals surface area contributed by atoms with Crippen LogP contribution in [0.3, 0.4) is 0 Å². The second-order valence-electron chi connectivity index (χ2n) is 4.82. The number of nitrogens with two attached hydrogens (primary N) is 1. The summed E-state index contributed by atoms with van der Waals surface area (Å²) in [6.07, 6.45) is 3.81. The number of hydrogen-bond donors (Lipinski definition) is 2. The molecule has 0 unspecified atom stereocenters. The summed E-state index contributed by atoms with van der Waals surface area (Å²) in [5, 5.41) is 10.2. The number of pyridine rings is 1. The zero-order valence-corrected chi connectivity index (χ0v) is 10.3. The van der Waals surface area contributed by atoms with E-state index in [4.69, 9.17) is 10.5 Å². The topological polar surface area (TPSA) is 68.4 Å². The maximum absolute atomic E-state index is 10.2. The molecule has 0 aliphatic heterocycles. The molecule has 17 heavy (non-hydrogen) atoms. The first-order valence-corrected chi connectivity index (χ1v) is 6.15. The molecule has 94 valence electrons. The van der Waals surface area contributed by atoms with E-state index in [1.807, 2.05) is 19.1 Å². The maximum atomic E-state index is 10.2. The van der Waals surface area contributed by atoms with Gasteiger partial charge in [-0.05, 0) is 31.9 Å². The van der Waals surface area contributed by atoms with Gasteiger partial charge in [-0.1, -0.05) is 12.8 Å². The average molecular weight is 236 g/mol. The van der Waals surface area contributed by atoms with E-state index in [0.29, 0.717) is 18.9 Å². The molecule has 1 saturated carbocycles. The highest BCUT2D eigenvalue weighted by molar-refractivity contribution is 5.29. The maximum Gasteiger partial charge on any atom is 0.142 e. The van der Waals surface area contributed by atoms with Crippen molar-refractivity contribution in [1.29, 1.82) is 0 Å². The SMILES string of the molecule is Cc1ccc(OCC2(O)CCCC2)c(CN)n1. The Bertz CT molecular complexity index is 387. The minimum absolute atomic E-state index is 0.338. The number of aryl methyl sites for hydroxylation is 1. The van der Waals surface area contributed by atoms with Gasteiger partial charge in [0.15, 0.2) is 0 Å². The van der Waals surface area contributed by atoms with E-state index in [1.165, 1.54) is 0 Å². The molecule has 0 saturated heterocycles. The van der Waals surface area contributed by atoms with Crippen molar-refractivity contribution in [3.8, 4) is 5.75 Å². The molecule has 1 aromatic heterocycles. The van der Waals surface area contributed by atoms with Crippen molar-refractivity contribution >= 4 is 0 Å². The van der Waals surface area contributed by atoms with Crippen molar-refractivity contribution in [3.05, 3.63) is 23.5 Å². The summed E-state index contributed by atoms with van der Waals surface area (Å²) in [7, 11) is 0. The molecule has 0 bridgehead atoms. The van der Waals surface area contributed by atoms with E-state index in [0.717, 1.165) is 37.1 Å². The number of ether oxygens (including phenoxy) is 1. The van der Waals surface area contributed by atoms with E-state index < -0.39 is 5.60 Å². The van der Waals surface area contributed by atoms with Gasteiger partial charge < -0.3 is 15.6 Å². The van der Waals surface area contributed by atoms with Crippen molar-refractivity contribution in [2.24, 2.45) is 5.73 Å². The van der Waals surface area contributed by atoms with Gasteiger partial charge in [0.2, 0.25) is 0 Å². The zero-order valence-electron chi connectivity index (χ0n) is 10.3. The molecule has 4 nitrogen and oxygen atoms in total. The molecule has 3 N–H and O–H groups in total. The standard InChI is InChI=1S/C13H20N2O2/c1-10-4-5-12(11(8-14)15-10)17-9-13(16)6-2-3-7-13/h4-5,16H,2-3,6-9,14H2,1H3. The smallest absolute Gasteiger partial charge is 0.142 e. The molecular weight excluding hydrogens is 216 g/mol. The lowest BCUT2D eigenvalue weighted by molar-refractivity contribution is 0.00101. The van der Waals surface area contributed by atoms with Crippen LogP contribution >= 0.6 is 0 Å². The van der Waals surface area contributed by atoms with Gasteiger partial charge in [-0.15, -0.1) is 0 Å². The highest BCUT2D eigenvalue weighted by atomic mass is 16.5. The van der Waals surface area contributed by atoms with Crippen LogP contribution in [0.4, 0.5) is 0 Å². The number of aliphatic hydroxyl groups is 1. The molecule has 0 atom stereocenters. The third-order valence-corrected chi connectivity index (χ3v) is 3.30. The molecule has 2 rings (SSSR count). The van der Waals surface area contributed by atoms with Crippen LogP contribution in [0.15, 0.2) is 12.1 Å². The Hall–Kier alpha value is -1.13. The Balaban J connectivity index is 2.03. The number of nitrogens with zero attached hydrogens (tertiary/aromatic N) is 1. The van der Waals surface area contributed by atoms with E-state index >= 15 is 0 Å². The summed E-state index contributed by atoms with van der Waals surface area (Å²) in [5.41, 5.74) is 6.66. The molecule has 1 fully saturated rings. The minimum atomic E-state index is -0.656. The lowest BCUT2D eigenvalue weighted by atomic mass is 10.0. The lowest BCUT2D eigenvalue weighted by Gasteiger charge is -2.22. The number of hydrogen-bond acceptors (Lipinski definition) is 4. The minimum Gasteiger partial charge on any atom is -0.489 e. The highest BCUT2D eigenvalue weighted by Crippen LogP contribution is 2.30. The lowest BCUT2D eigenvalue weighted by Crippen LogP contribution is -2.32. The van der Waals surface area contributed by atoms with Gasteiger partial charge in [0, 0.05) is 12.2 Å².